The van der Waals surface area contributed by atoms with Crippen molar-refractivity contribution in [1.29, 1.82) is 0 Å². The van der Waals surface area contributed by atoms with E-state index in [2.05, 4.69) is 48.6 Å². The second kappa shape index (κ2) is 4.47. The monoisotopic (exact) mass is 330 g/mol. The summed E-state index contributed by atoms with van der Waals surface area (Å²) in [6.45, 7) is 0. The Kier molecular flexibility index (Phi) is 2.69. The van der Waals surface area contributed by atoms with Crippen molar-refractivity contribution >= 4 is 56.7 Å². The van der Waals surface area contributed by atoms with E-state index in [9.17, 15) is 0 Å². The van der Waals surface area contributed by atoms with Crippen LogP contribution in [0.4, 0.5) is 0 Å². The normalized spacial score (nSPS) is 26.8. The third kappa shape index (κ3) is 1.65. The Hall–Kier alpha value is -0.550. The number of fused-ring (bicyclic) bond motifs is 5. The standard InChI is InChI=1S/C16H10S4/c1-3-7-11-9(5-1)13-15(17-11)20-16-14(19-13)10-6-2-4-8-12(10)18-16/h1-9,11H. The maximum absolute atomic E-state index is 2.37. The molecule has 0 nitrogen and oxygen atoms in total. The van der Waals surface area contributed by atoms with Crippen molar-refractivity contribution < 1.29 is 0 Å². The smallest absolute Gasteiger partial charge is 0.0804 e. The van der Waals surface area contributed by atoms with E-state index in [1.54, 1.807) is 4.91 Å². The zero-order chi connectivity index (χ0) is 13.1. The molecule has 0 saturated heterocycles. The summed E-state index contributed by atoms with van der Waals surface area (Å²) < 4.78 is 4.42. The first-order valence-corrected chi connectivity index (χ1v) is 9.86. The molecule has 2 aliphatic heterocycles. The summed E-state index contributed by atoms with van der Waals surface area (Å²) in [7, 11) is 0. The molecule has 1 aliphatic carbocycles. The Morgan fingerprint density at radius 1 is 0.950 bits per heavy atom. The van der Waals surface area contributed by atoms with Gasteiger partial charge in [0.1, 0.15) is 0 Å². The molecule has 20 heavy (non-hydrogen) atoms. The highest BCUT2D eigenvalue weighted by atomic mass is 32.2. The lowest BCUT2D eigenvalue weighted by molar-refractivity contribution is 0.842. The topological polar surface area (TPSA) is 0 Å². The summed E-state index contributed by atoms with van der Waals surface area (Å²) >= 11 is 7.99. The van der Waals surface area contributed by atoms with Crippen molar-refractivity contribution in [2.24, 2.45) is 5.92 Å². The Labute approximate surface area is 134 Å². The highest BCUT2D eigenvalue weighted by Gasteiger charge is 2.38. The number of benzene rings is 1. The number of hydrogen-bond acceptors (Lipinski definition) is 4. The van der Waals surface area contributed by atoms with Gasteiger partial charge in [-0.05, 0) is 6.07 Å². The molecule has 2 atom stereocenters. The van der Waals surface area contributed by atoms with Gasteiger partial charge in [-0.2, -0.15) is 0 Å². The zero-order valence-corrected chi connectivity index (χ0v) is 13.7. The molecule has 4 heteroatoms. The van der Waals surface area contributed by atoms with Crippen molar-refractivity contribution in [3.05, 3.63) is 57.7 Å². The number of allylic oxidation sites excluding steroid dienone is 4. The van der Waals surface area contributed by atoms with Crippen LogP contribution in [-0.4, -0.2) is 5.25 Å². The van der Waals surface area contributed by atoms with Crippen molar-refractivity contribution in [2.75, 3.05) is 0 Å². The molecule has 1 aromatic carbocycles. The lowest BCUT2D eigenvalue weighted by atomic mass is 10.0. The van der Waals surface area contributed by atoms with Gasteiger partial charge in [0.2, 0.25) is 0 Å². The van der Waals surface area contributed by atoms with Gasteiger partial charge in [0, 0.05) is 31.1 Å². The summed E-state index contributed by atoms with van der Waals surface area (Å²) in [5.74, 6) is 0.587. The Bertz CT molecular complexity index is 809. The first-order chi connectivity index (χ1) is 9.90. The van der Waals surface area contributed by atoms with Crippen molar-refractivity contribution in [2.45, 2.75) is 14.4 Å². The second-order valence-electron chi connectivity index (χ2n) is 4.95. The predicted octanol–water partition coefficient (Wildman–Crippen LogP) is 6.13. The molecule has 2 unspecified atom stereocenters. The Morgan fingerprint density at radius 3 is 2.85 bits per heavy atom. The number of rotatable bonds is 0. The SMILES string of the molecule is C1=CC2SC3=C(Sc4c(sc5ccccc45)S3)C2C=C1. The van der Waals surface area contributed by atoms with Crippen LogP contribution in [0.2, 0.25) is 0 Å². The van der Waals surface area contributed by atoms with Gasteiger partial charge in [-0.25, -0.2) is 0 Å². The highest BCUT2D eigenvalue weighted by Crippen LogP contribution is 2.63. The van der Waals surface area contributed by atoms with Gasteiger partial charge in [0.05, 0.1) is 8.45 Å². The van der Waals surface area contributed by atoms with Crippen LogP contribution < -0.4 is 0 Å². The third-order valence-electron chi connectivity index (χ3n) is 3.75. The number of thioether (sulfide) groups is 3. The fourth-order valence-corrected chi connectivity index (χ4v) is 9.10. The van der Waals surface area contributed by atoms with E-state index in [0.29, 0.717) is 11.2 Å². The molecule has 0 spiro atoms. The molecule has 0 fully saturated rings. The molecule has 0 amide bonds. The third-order valence-corrected chi connectivity index (χ3v) is 9.55. The van der Waals surface area contributed by atoms with Crippen LogP contribution >= 0.6 is 46.6 Å². The molecular weight excluding hydrogens is 320 g/mol. The van der Waals surface area contributed by atoms with E-state index in [4.69, 9.17) is 0 Å². The van der Waals surface area contributed by atoms with Crippen molar-refractivity contribution in [1.82, 2.24) is 0 Å². The van der Waals surface area contributed by atoms with Crippen LogP contribution in [0.5, 0.6) is 0 Å². The average molecular weight is 331 g/mol. The lowest BCUT2D eigenvalue weighted by Crippen LogP contribution is -2.10. The van der Waals surface area contributed by atoms with E-state index in [1.807, 2.05) is 46.6 Å². The minimum atomic E-state index is 0.587. The van der Waals surface area contributed by atoms with Crippen LogP contribution in [0.1, 0.15) is 0 Å². The largest absolute Gasteiger partial charge is 0.127 e. The summed E-state index contributed by atoms with van der Waals surface area (Å²) in [4.78, 5) is 3.06. The minimum Gasteiger partial charge on any atom is -0.127 e. The van der Waals surface area contributed by atoms with E-state index >= 15 is 0 Å². The zero-order valence-electron chi connectivity index (χ0n) is 10.4. The Balaban J connectivity index is 1.63. The summed E-state index contributed by atoms with van der Waals surface area (Å²) in [5.41, 5.74) is 0. The molecule has 2 aromatic rings. The molecule has 3 aliphatic rings. The molecule has 0 bridgehead atoms. The van der Waals surface area contributed by atoms with Crippen LogP contribution in [0.15, 0.2) is 66.8 Å². The number of thiophene rings is 1. The van der Waals surface area contributed by atoms with E-state index < -0.39 is 0 Å². The highest BCUT2D eigenvalue weighted by molar-refractivity contribution is 8.25. The molecule has 0 saturated carbocycles. The van der Waals surface area contributed by atoms with Crippen LogP contribution in [0.25, 0.3) is 10.1 Å². The van der Waals surface area contributed by atoms with Crippen LogP contribution in [0.3, 0.4) is 0 Å². The number of hydrogen-bond donors (Lipinski definition) is 0. The van der Waals surface area contributed by atoms with Gasteiger partial charge in [-0.15, -0.1) is 23.1 Å². The second-order valence-corrected chi connectivity index (χ2v) is 9.78. The first kappa shape index (κ1) is 12.0. The predicted molar refractivity (Wildman–Crippen MR) is 93.7 cm³/mol. The fourth-order valence-electron chi connectivity index (χ4n) is 2.80. The molecule has 98 valence electrons. The molecule has 0 N–H and O–H groups in total. The van der Waals surface area contributed by atoms with Gasteiger partial charge >= 0.3 is 0 Å². The van der Waals surface area contributed by atoms with Crippen LogP contribution in [0, 0.1) is 5.92 Å². The van der Waals surface area contributed by atoms with Crippen molar-refractivity contribution in [3.8, 4) is 0 Å². The maximum atomic E-state index is 2.37. The summed E-state index contributed by atoms with van der Waals surface area (Å²) in [6, 6.07) is 8.80. The lowest BCUT2D eigenvalue weighted by Gasteiger charge is -2.18. The molecular formula is C16H10S4. The molecule has 0 radical (unpaired) electrons. The van der Waals surface area contributed by atoms with Crippen molar-refractivity contribution in [3.63, 3.8) is 0 Å². The van der Waals surface area contributed by atoms with Gasteiger partial charge < -0.3 is 0 Å². The van der Waals surface area contributed by atoms with Gasteiger partial charge in [-0.1, -0.05) is 66.0 Å². The van der Waals surface area contributed by atoms with Crippen LogP contribution in [-0.2, 0) is 0 Å². The van der Waals surface area contributed by atoms with Gasteiger partial charge in [-0.3, -0.25) is 0 Å². The van der Waals surface area contributed by atoms with E-state index in [1.165, 1.54) is 23.4 Å². The summed E-state index contributed by atoms with van der Waals surface area (Å²) in [5, 5.41) is 2.05. The molecule has 5 rings (SSSR count). The summed E-state index contributed by atoms with van der Waals surface area (Å²) in [6.07, 6.45) is 9.10. The average Bonchev–Trinajstić information content (AvgIpc) is 3.02. The van der Waals surface area contributed by atoms with Gasteiger partial charge in [0.25, 0.3) is 0 Å². The quantitative estimate of drug-likeness (QED) is 0.570. The Morgan fingerprint density at radius 2 is 1.85 bits per heavy atom. The minimum absolute atomic E-state index is 0.587. The van der Waals surface area contributed by atoms with E-state index in [0.717, 1.165) is 0 Å². The molecule has 1 aromatic heterocycles. The van der Waals surface area contributed by atoms with Gasteiger partial charge in [0.15, 0.2) is 0 Å². The fraction of sp³-hybridized carbons (Fsp3) is 0.125. The van der Waals surface area contributed by atoms with E-state index in [-0.39, 0.29) is 0 Å². The first-order valence-electron chi connectivity index (χ1n) is 6.53. The molecule has 3 heterocycles. The maximum Gasteiger partial charge on any atom is 0.0804 e.